The van der Waals surface area contributed by atoms with Crippen molar-refractivity contribution in [1.82, 2.24) is 51.5 Å². The topological polar surface area (TPSA) is 406 Å². The number of fused-ring (bicyclic) bond motifs is 15. The molecule has 14 N–H and O–H groups in total. The van der Waals surface area contributed by atoms with Crippen LogP contribution in [0.1, 0.15) is 189 Å². The molecule has 0 aliphatic heterocycles. The van der Waals surface area contributed by atoms with Crippen LogP contribution in [0.5, 0.6) is 0 Å². The van der Waals surface area contributed by atoms with Crippen LogP contribution in [-0.4, -0.2) is 223 Å². The summed E-state index contributed by atoms with van der Waals surface area (Å²) in [4.78, 5) is 145. The van der Waals surface area contributed by atoms with Crippen molar-refractivity contribution in [2.45, 2.75) is 152 Å². The predicted molar refractivity (Wildman–Crippen MR) is 553 cm³/mol. The van der Waals surface area contributed by atoms with Gasteiger partial charge in [0.15, 0.2) is 0 Å². The monoisotopic (exact) mass is 1940 g/mol. The number of hydrogen-bond donors (Lipinski definition) is 10. The van der Waals surface area contributed by atoms with Crippen LogP contribution in [-0.2, 0) is 42.9 Å². The zero-order valence-electron chi connectivity index (χ0n) is 82.0. The van der Waals surface area contributed by atoms with Crippen LogP contribution in [0.3, 0.4) is 0 Å². The third-order valence-electron chi connectivity index (χ3n) is 28.0. The minimum atomic E-state index is -1.17. The van der Waals surface area contributed by atoms with Gasteiger partial charge in [-0.1, -0.05) is 232 Å². The zero-order valence-corrected chi connectivity index (χ0v) is 82.0. The molecule has 0 bridgehead atoms. The number of nitrogens with one attached hydrogen (secondary N) is 6. The lowest BCUT2D eigenvalue weighted by molar-refractivity contribution is -0.134. The number of urea groups is 1. The maximum absolute atomic E-state index is 14.7. The first-order valence-corrected chi connectivity index (χ1v) is 50.6. The number of ether oxygens (including phenoxy) is 5. The van der Waals surface area contributed by atoms with Gasteiger partial charge in [-0.3, -0.25) is 19.2 Å². The molecule has 5 atom stereocenters. The number of benzene rings is 10. The van der Waals surface area contributed by atoms with Crippen LogP contribution < -0.4 is 54.8 Å². The lowest BCUT2D eigenvalue weighted by Gasteiger charge is -2.27. The summed E-state index contributed by atoms with van der Waals surface area (Å²) in [6.45, 7) is 9.44. The summed E-state index contributed by atoms with van der Waals surface area (Å²) >= 11 is 0. The Kier molecular flexibility index (Phi) is 36.2. The molecule has 0 aromatic heterocycles. The number of carbonyl (C=O) groups is 10. The summed E-state index contributed by atoms with van der Waals surface area (Å²) in [5.74, 6) is -3.84. The third-order valence-corrected chi connectivity index (χ3v) is 28.0. The first-order chi connectivity index (χ1) is 69.7. The summed E-state index contributed by atoms with van der Waals surface area (Å²) in [5, 5.41) is 16.7. The molecule has 5 aliphatic rings. The minimum absolute atomic E-state index is 0.0392. The molecule has 10 aromatic rings. The van der Waals surface area contributed by atoms with Gasteiger partial charge in [0.1, 0.15) is 51.2 Å². The Labute approximate surface area is 837 Å². The Morgan fingerprint density at radius 1 is 0.294 bits per heavy atom. The Morgan fingerprint density at radius 3 is 0.909 bits per heavy atom. The minimum Gasteiger partial charge on any atom is -0.449 e. The number of rotatable bonds is 50. The van der Waals surface area contributed by atoms with Crippen LogP contribution in [0.25, 0.3) is 66.8 Å². The van der Waals surface area contributed by atoms with Gasteiger partial charge in [-0.25, -0.2) is 28.8 Å². The Hall–Kier alpha value is -14.4. The smallest absolute Gasteiger partial charge is 0.409 e. The molecule has 11 amide bonds. The molecule has 29 heteroatoms. The second-order valence-corrected chi connectivity index (χ2v) is 37.8. The van der Waals surface area contributed by atoms with Crippen LogP contribution >= 0.6 is 0 Å². The quantitative estimate of drug-likeness (QED) is 0.0125. The Bertz CT molecular complexity index is 6010. The molecule has 143 heavy (non-hydrogen) atoms. The number of unbranched alkanes of at least 4 members (excludes halogenated alkanes) is 3. The van der Waals surface area contributed by atoms with Crippen molar-refractivity contribution >= 4 is 60.1 Å². The summed E-state index contributed by atoms with van der Waals surface area (Å²) in [6, 6.07) is 74.0. The lowest BCUT2D eigenvalue weighted by atomic mass is 9.91. The molecule has 0 spiro atoms. The molecule has 2 unspecified atom stereocenters. The maximum atomic E-state index is 14.7. The van der Waals surface area contributed by atoms with Crippen LogP contribution in [0.2, 0.25) is 0 Å². The van der Waals surface area contributed by atoms with Crippen molar-refractivity contribution < 1.29 is 71.6 Å². The molecule has 0 radical (unpaired) electrons. The molecular formula is C114H134N14O15. The zero-order chi connectivity index (χ0) is 100. The lowest BCUT2D eigenvalue weighted by Crippen LogP contribution is -2.58. The van der Waals surface area contributed by atoms with Crippen LogP contribution in [0.15, 0.2) is 231 Å². The molecule has 29 nitrogen and oxygen atoms in total. The maximum Gasteiger partial charge on any atom is 0.409 e. The number of hydrogen-bond acceptors (Lipinski definition) is 18. The summed E-state index contributed by atoms with van der Waals surface area (Å²) in [6.07, 6.45) is 2.86. The van der Waals surface area contributed by atoms with Gasteiger partial charge in [0.25, 0.3) is 0 Å². The highest BCUT2D eigenvalue weighted by molar-refractivity contribution is 5.95. The van der Waals surface area contributed by atoms with Crippen molar-refractivity contribution in [3.05, 3.63) is 286 Å². The van der Waals surface area contributed by atoms with E-state index >= 15 is 0 Å². The van der Waals surface area contributed by atoms with Crippen molar-refractivity contribution in [2.75, 3.05) is 125 Å². The largest absolute Gasteiger partial charge is 0.449 e. The van der Waals surface area contributed by atoms with Crippen molar-refractivity contribution in [1.29, 1.82) is 0 Å². The van der Waals surface area contributed by atoms with Gasteiger partial charge in [0.2, 0.25) is 23.6 Å². The molecule has 0 saturated heterocycles. The van der Waals surface area contributed by atoms with Crippen molar-refractivity contribution in [2.24, 2.45) is 28.9 Å². The second-order valence-electron chi connectivity index (χ2n) is 37.8. The van der Waals surface area contributed by atoms with E-state index in [2.05, 4.69) is 141 Å². The molecule has 0 heterocycles. The normalized spacial score (nSPS) is 14.2. The first kappa shape index (κ1) is 103. The summed E-state index contributed by atoms with van der Waals surface area (Å²) in [5.41, 5.74) is 47.1. The van der Waals surface area contributed by atoms with E-state index < -0.39 is 84.2 Å². The van der Waals surface area contributed by atoms with E-state index in [1.807, 2.05) is 121 Å². The van der Waals surface area contributed by atoms with Crippen LogP contribution in [0, 0.1) is 5.92 Å². The summed E-state index contributed by atoms with van der Waals surface area (Å²) < 4.78 is 30.8. The average Bonchev–Trinajstić information content (AvgIpc) is 1.58. The number of carbonyl (C=O) groups excluding carboxylic acids is 10. The number of primary amides is 1. The van der Waals surface area contributed by atoms with Gasteiger partial charge in [-0.05, 0) is 244 Å². The number of nitrogens with zero attached hydrogens (tertiary/aromatic N) is 4. The Morgan fingerprint density at radius 2 is 0.580 bits per heavy atom. The van der Waals surface area contributed by atoms with Gasteiger partial charge in [-0.15, -0.1) is 0 Å². The highest BCUT2D eigenvalue weighted by Crippen LogP contribution is 2.52. The van der Waals surface area contributed by atoms with Gasteiger partial charge < -0.3 is 98.1 Å². The van der Waals surface area contributed by atoms with Gasteiger partial charge >= 0.3 is 36.5 Å². The van der Waals surface area contributed by atoms with E-state index in [0.29, 0.717) is 110 Å². The second kappa shape index (κ2) is 50.3. The fourth-order valence-electron chi connectivity index (χ4n) is 20.7. The standard InChI is InChI=1S/C114H134N14O15/c1-74(2)105(124-107(131)104(122-75(3)129)47-20-21-56-121-110(134)139-69-98-86-39-12-4-31-78(86)79-32-5-13-40-87(79)98)108(132)123-103(48-26-57-120-109(118)133)106(130)119-58-30-66-128(114(138)141-71-100-90-43-16-8-35-82(90)83-36-9-17-44-91(83)100)62-25-24-61-127(65-29-55-117)113(137)143-73-102-93-46-19-11-38-85(93)95-52-50-77(68-97(95)102)76-49-51-94-84-37-10-18-45-92(84)101(96(94)67-76)72-142-112(136)126(64-28-54-116)60-23-22-59-125(63-27-53-115)111(135)140-70-99-88-41-14-6-33-80(88)81-34-7-15-42-89(81)99/h4-19,31-46,49-52,67-68,74,98-105H,20-30,47-48,53-66,69-73,115-117H2,1-3H3,(H,119,130)(H,121,134)(H,122,129)(H,123,132)(H,124,131)(H3,118,120,133)/t101?,102?,103-,104-,105-/m0/s1. The van der Waals surface area contributed by atoms with E-state index in [-0.39, 0.29) is 128 Å². The van der Waals surface area contributed by atoms with Gasteiger partial charge in [0.05, 0.1) is 0 Å². The highest BCUT2D eigenvalue weighted by atomic mass is 16.6. The molecular weight excluding hydrogens is 1810 g/mol. The Balaban J connectivity index is 0.558. The molecule has 15 rings (SSSR count). The fraction of sp³-hybridized carbons (Fsp3) is 0.386. The molecule has 10 aromatic carbocycles. The van der Waals surface area contributed by atoms with Crippen molar-refractivity contribution in [3.8, 4) is 66.8 Å². The third kappa shape index (κ3) is 25.6. The van der Waals surface area contributed by atoms with Gasteiger partial charge in [-0.2, -0.15) is 0 Å². The SMILES string of the molecule is CC(=O)N[C@@H](CCCCNC(=O)OCC1c2ccccc2-c2ccccc21)C(=O)N[C@H](C(=O)N[C@@H](CCCNC(N)=O)C(=O)NCCCN(CCCCN(CCCN)C(=O)OCC1c2ccccc2-c2ccc(-c3ccc4c(c3)C(COC(=O)N(CCCN)CCCCN(CCCN)C(=O)OCC3c5ccccc5-c5ccccc53)c3ccccc3-4)cc21)C(=O)OCC1c2ccccc2-c2ccccc21)C(C)C. The molecule has 0 fully saturated rings. The molecule has 5 aliphatic carbocycles. The van der Waals surface area contributed by atoms with E-state index in [9.17, 15) is 47.9 Å². The average molecular weight is 1940 g/mol. The van der Waals surface area contributed by atoms with E-state index in [4.69, 9.17) is 46.6 Å². The molecule has 0 saturated carbocycles. The van der Waals surface area contributed by atoms with Crippen molar-refractivity contribution in [3.63, 3.8) is 0 Å². The first-order valence-electron chi connectivity index (χ1n) is 50.6. The van der Waals surface area contributed by atoms with E-state index in [1.54, 1.807) is 33.4 Å². The fourth-order valence-corrected chi connectivity index (χ4v) is 20.7. The highest BCUT2D eigenvalue weighted by Gasteiger charge is 2.39. The number of amides is 11. The van der Waals surface area contributed by atoms with Gasteiger partial charge in [0, 0.05) is 109 Å². The summed E-state index contributed by atoms with van der Waals surface area (Å²) in [7, 11) is 0. The predicted octanol–water partition coefficient (Wildman–Crippen LogP) is 16.4. The number of alkyl carbamates (subject to hydrolysis) is 1. The van der Waals surface area contributed by atoms with E-state index in [0.717, 1.165) is 122 Å². The van der Waals surface area contributed by atoms with E-state index in [1.165, 1.54) is 6.92 Å². The number of nitrogens with two attached hydrogens (primary N) is 4. The van der Waals surface area contributed by atoms with Crippen LogP contribution in [0.4, 0.5) is 28.8 Å². The molecule has 750 valence electrons.